The van der Waals surface area contributed by atoms with Crippen molar-refractivity contribution in [1.82, 2.24) is 5.32 Å². The third-order valence-electron chi connectivity index (χ3n) is 6.35. The predicted molar refractivity (Wildman–Crippen MR) is 136 cm³/mol. The maximum atomic E-state index is 13.6. The van der Waals surface area contributed by atoms with Crippen LogP contribution in [-0.4, -0.2) is 30.9 Å². The van der Waals surface area contributed by atoms with E-state index in [0.29, 0.717) is 23.4 Å². The van der Waals surface area contributed by atoms with E-state index in [1.165, 1.54) is 4.90 Å². The summed E-state index contributed by atoms with van der Waals surface area (Å²) in [5, 5.41) is 2.75. The molecule has 0 fully saturated rings. The molecular weight excluding hydrogens is 442 g/mol. The van der Waals surface area contributed by atoms with Crippen molar-refractivity contribution in [2.75, 3.05) is 17.7 Å². The smallest absolute Gasteiger partial charge is 0.256 e. The molecule has 1 unspecified atom stereocenters. The summed E-state index contributed by atoms with van der Waals surface area (Å²) in [6.45, 7) is 3.37. The SMILES string of the molecule is COc1cccc(CCC(=O)N[C@@H](C)C(=O)N2C(=O)C(C)c3ccccc3-c3c(N)cccc32)c1. The number of hydrogen-bond donors (Lipinski definition) is 2. The molecule has 0 bridgehead atoms. The summed E-state index contributed by atoms with van der Waals surface area (Å²) in [6.07, 6.45) is 0.697. The maximum absolute atomic E-state index is 13.6. The summed E-state index contributed by atoms with van der Waals surface area (Å²) >= 11 is 0. The predicted octanol–water partition coefficient (Wildman–Crippen LogP) is 4.06. The molecule has 0 aliphatic carbocycles. The highest BCUT2D eigenvalue weighted by atomic mass is 16.5. The number of imide groups is 1. The van der Waals surface area contributed by atoms with E-state index < -0.39 is 17.9 Å². The number of nitrogens with zero attached hydrogens (tertiary/aromatic N) is 1. The molecule has 1 heterocycles. The number of carbonyl (C=O) groups is 3. The second-order valence-electron chi connectivity index (χ2n) is 8.70. The number of nitrogens with one attached hydrogen (secondary N) is 1. The number of carbonyl (C=O) groups excluding carboxylic acids is 3. The van der Waals surface area contributed by atoms with Crippen molar-refractivity contribution in [3.05, 3.63) is 77.9 Å². The van der Waals surface area contributed by atoms with Gasteiger partial charge in [-0.2, -0.15) is 0 Å². The molecule has 0 radical (unpaired) electrons. The van der Waals surface area contributed by atoms with E-state index in [0.717, 1.165) is 22.4 Å². The van der Waals surface area contributed by atoms with Crippen LogP contribution in [0.15, 0.2) is 66.7 Å². The number of rotatable bonds is 6. The molecule has 3 N–H and O–H groups in total. The van der Waals surface area contributed by atoms with Gasteiger partial charge in [-0.1, -0.05) is 42.5 Å². The van der Waals surface area contributed by atoms with Crippen LogP contribution in [0.4, 0.5) is 11.4 Å². The Kier molecular flexibility index (Phi) is 6.87. The van der Waals surface area contributed by atoms with Crippen LogP contribution in [0, 0.1) is 0 Å². The molecule has 0 aromatic heterocycles. The minimum Gasteiger partial charge on any atom is -0.497 e. The normalized spacial score (nSPS) is 15.5. The summed E-state index contributed by atoms with van der Waals surface area (Å²) in [5.41, 5.74) is 10.5. The van der Waals surface area contributed by atoms with Crippen LogP contribution in [0.3, 0.4) is 0 Å². The molecule has 180 valence electrons. The lowest BCUT2D eigenvalue weighted by Crippen LogP contribution is -2.50. The standard InChI is InChI=1S/C28H29N3O4/c1-17-21-10-4-5-11-22(21)26-23(29)12-7-13-24(26)31(27(17)33)28(34)18(2)30-25(32)15-14-19-8-6-9-20(16-19)35-3/h4-13,16-18H,14-15,29H2,1-3H3,(H,30,32)/t17?,18-/m0/s1. The Labute approximate surface area is 204 Å². The zero-order valence-corrected chi connectivity index (χ0v) is 20.1. The lowest BCUT2D eigenvalue weighted by atomic mass is 9.92. The fourth-order valence-electron chi connectivity index (χ4n) is 4.47. The van der Waals surface area contributed by atoms with Crippen molar-refractivity contribution >= 4 is 29.1 Å². The zero-order chi connectivity index (χ0) is 25.1. The Bertz CT molecular complexity index is 1290. The van der Waals surface area contributed by atoms with Gasteiger partial charge in [-0.25, -0.2) is 4.90 Å². The molecule has 7 nitrogen and oxygen atoms in total. The van der Waals surface area contributed by atoms with Crippen molar-refractivity contribution in [3.8, 4) is 16.9 Å². The van der Waals surface area contributed by atoms with Gasteiger partial charge in [-0.05, 0) is 61.2 Å². The number of methoxy groups -OCH3 is 1. The highest BCUT2D eigenvalue weighted by Gasteiger charge is 2.37. The second-order valence-corrected chi connectivity index (χ2v) is 8.70. The number of anilines is 2. The van der Waals surface area contributed by atoms with Crippen LogP contribution in [0.25, 0.3) is 11.1 Å². The number of nitrogen functional groups attached to an aromatic ring is 1. The molecule has 3 aromatic rings. The molecule has 1 aliphatic rings. The third-order valence-corrected chi connectivity index (χ3v) is 6.35. The van der Waals surface area contributed by atoms with Crippen molar-refractivity contribution in [1.29, 1.82) is 0 Å². The monoisotopic (exact) mass is 471 g/mol. The zero-order valence-electron chi connectivity index (χ0n) is 20.1. The average molecular weight is 472 g/mol. The summed E-state index contributed by atoms with van der Waals surface area (Å²) < 4.78 is 5.22. The summed E-state index contributed by atoms with van der Waals surface area (Å²) in [5.74, 6) is -0.974. The van der Waals surface area contributed by atoms with E-state index in [9.17, 15) is 14.4 Å². The van der Waals surface area contributed by atoms with Gasteiger partial charge in [-0.3, -0.25) is 14.4 Å². The molecule has 2 atom stereocenters. The van der Waals surface area contributed by atoms with Crippen LogP contribution in [-0.2, 0) is 20.8 Å². The molecule has 0 saturated heterocycles. The van der Waals surface area contributed by atoms with Crippen molar-refractivity contribution < 1.29 is 19.1 Å². The minimum absolute atomic E-state index is 0.199. The molecule has 35 heavy (non-hydrogen) atoms. The van der Waals surface area contributed by atoms with Crippen molar-refractivity contribution in [2.45, 2.75) is 38.6 Å². The number of nitrogens with two attached hydrogens (primary N) is 1. The number of amides is 3. The van der Waals surface area contributed by atoms with E-state index in [1.807, 2.05) is 48.5 Å². The lowest BCUT2D eigenvalue weighted by Gasteiger charge is -2.26. The first kappa shape index (κ1) is 24.0. The second kappa shape index (κ2) is 10.0. The largest absolute Gasteiger partial charge is 0.497 e. The summed E-state index contributed by atoms with van der Waals surface area (Å²) in [7, 11) is 1.59. The molecule has 1 aliphatic heterocycles. The Morgan fingerprint density at radius 3 is 2.60 bits per heavy atom. The van der Waals surface area contributed by atoms with Gasteiger partial charge in [0.1, 0.15) is 11.8 Å². The van der Waals surface area contributed by atoms with Gasteiger partial charge in [0.05, 0.1) is 18.7 Å². The Morgan fingerprint density at radius 2 is 1.83 bits per heavy atom. The number of ether oxygens (including phenoxy) is 1. The number of hydrogen-bond acceptors (Lipinski definition) is 5. The van der Waals surface area contributed by atoms with Gasteiger partial charge >= 0.3 is 0 Å². The molecule has 3 aromatic carbocycles. The molecule has 7 heteroatoms. The number of aryl methyl sites for hydroxylation is 1. The Morgan fingerprint density at radius 1 is 1.09 bits per heavy atom. The van der Waals surface area contributed by atoms with E-state index in [2.05, 4.69) is 5.32 Å². The highest BCUT2D eigenvalue weighted by Crippen LogP contribution is 2.44. The maximum Gasteiger partial charge on any atom is 0.256 e. The minimum atomic E-state index is -0.903. The molecule has 0 saturated carbocycles. The highest BCUT2D eigenvalue weighted by molar-refractivity contribution is 6.22. The van der Waals surface area contributed by atoms with Crippen molar-refractivity contribution in [3.63, 3.8) is 0 Å². The van der Waals surface area contributed by atoms with Crippen molar-refractivity contribution in [2.24, 2.45) is 0 Å². The molecule has 0 spiro atoms. The van der Waals surface area contributed by atoms with Gasteiger partial charge < -0.3 is 15.8 Å². The van der Waals surface area contributed by atoms with Gasteiger partial charge in [0, 0.05) is 17.7 Å². The van der Waals surface area contributed by atoms with Crippen LogP contribution in [0.2, 0.25) is 0 Å². The fraction of sp³-hybridized carbons (Fsp3) is 0.250. The van der Waals surface area contributed by atoms with Crippen LogP contribution in [0.1, 0.15) is 37.3 Å². The summed E-state index contributed by atoms with van der Waals surface area (Å²) in [4.78, 5) is 40.9. The molecular formula is C28H29N3O4. The van der Waals surface area contributed by atoms with E-state index in [1.54, 1.807) is 39.2 Å². The first-order valence-electron chi connectivity index (χ1n) is 11.6. The molecule has 4 rings (SSSR count). The average Bonchev–Trinajstić information content (AvgIpc) is 2.96. The van der Waals surface area contributed by atoms with Gasteiger partial charge in [-0.15, -0.1) is 0 Å². The van der Waals surface area contributed by atoms with Crippen LogP contribution < -0.4 is 20.7 Å². The van der Waals surface area contributed by atoms with E-state index in [4.69, 9.17) is 10.5 Å². The molecule has 3 amide bonds. The van der Waals surface area contributed by atoms with E-state index in [-0.39, 0.29) is 18.2 Å². The lowest BCUT2D eigenvalue weighted by molar-refractivity contribution is -0.131. The van der Waals surface area contributed by atoms with E-state index >= 15 is 0 Å². The summed E-state index contributed by atoms with van der Waals surface area (Å²) in [6, 6.07) is 19.3. The van der Waals surface area contributed by atoms with Gasteiger partial charge in [0.25, 0.3) is 5.91 Å². The quantitative estimate of drug-likeness (QED) is 0.528. The first-order chi connectivity index (χ1) is 16.8. The number of fused-ring (bicyclic) bond motifs is 3. The van der Waals surface area contributed by atoms with Gasteiger partial charge in [0.15, 0.2) is 0 Å². The third kappa shape index (κ3) is 4.75. The van der Waals surface area contributed by atoms with Gasteiger partial charge in [0.2, 0.25) is 11.8 Å². The number of benzene rings is 3. The van der Waals surface area contributed by atoms with Crippen LogP contribution >= 0.6 is 0 Å². The Balaban J connectivity index is 1.56. The van der Waals surface area contributed by atoms with Crippen LogP contribution in [0.5, 0.6) is 5.75 Å². The fourth-order valence-corrected chi connectivity index (χ4v) is 4.47. The topological polar surface area (TPSA) is 102 Å². The first-order valence-corrected chi connectivity index (χ1v) is 11.6. The Hall–Kier alpha value is -4.13.